The van der Waals surface area contributed by atoms with Gasteiger partial charge in [-0.15, -0.1) is 0 Å². The van der Waals surface area contributed by atoms with E-state index in [0.717, 1.165) is 5.56 Å². The van der Waals surface area contributed by atoms with E-state index >= 15 is 0 Å². The lowest BCUT2D eigenvalue weighted by atomic mass is 9.90. The Balaban J connectivity index is 3.06. The molecular formula is C21H20F12. The van der Waals surface area contributed by atoms with E-state index in [1.165, 1.54) is 6.92 Å². The molecule has 0 aliphatic heterocycles. The second-order valence-corrected chi connectivity index (χ2v) is 7.46. The van der Waals surface area contributed by atoms with Crippen LogP contribution in [0, 0.1) is 5.92 Å². The van der Waals surface area contributed by atoms with Crippen LogP contribution in [-0.4, -0.2) is 35.5 Å². The second-order valence-electron chi connectivity index (χ2n) is 7.46. The number of allylic oxidation sites excluding steroid dienone is 3. The number of hydrogen-bond acceptors (Lipinski definition) is 0. The molecule has 1 rings (SSSR count). The van der Waals surface area contributed by atoms with E-state index in [2.05, 4.69) is 0 Å². The Morgan fingerprint density at radius 1 is 0.727 bits per heavy atom. The van der Waals surface area contributed by atoms with Gasteiger partial charge in [-0.2, -0.15) is 52.7 Å². The summed E-state index contributed by atoms with van der Waals surface area (Å²) in [6.45, 7) is 3.28. The van der Waals surface area contributed by atoms with Gasteiger partial charge in [0.1, 0.15) is 0 Å². The average Bonchev–Trinajstić information content (AvgIpc) is 2.72. The lowest BCUT2D eigenvalue weighted by Gasteiger charge is -2.40. The van der Waals surface area contributed by atoms with Gasteiger partial charge in [-0.25, -0.2) is 0 Å². The van der Waals surface area contributed by atoms with Crippen LogP contribution in [0.5, 0.6) is 0 Å². The monoisotopic (exact) mass is 500 g/mol. The Bertz CT molecular complexity index is 812. The summed E-state index contributed by atoms with van der Waals surface area (Å²) in [5, 5.41) is 0. The van der Waals surface area contributed by atoms with Crippen LogP contribution in [-0.2, 0) is 6.42 Å². The van der Waals surface area contributed by atoms with Crippen molar-refractivity contribution in [1.82, 2.24) is 0 Å². The van der Waals surface area contributed by atoms with Crippen LogP contribution in [0.3, 0.4) is 0 Å². The minimum Gasteiger partial charge on any atom is -0.195 e. The molecule has 1 atom stereocenters. The van der Waals surface area contributed by atoms with E-state index in [1.54, 1.807) is 30.3 Å². The Morgan fingerprint density at radius 2 is 1.18 bits per heavy atom. The van der Waals surface area contributed by atoms with Crippen molar-refractivity contribution in [3.63, 3.8) is 0 Å². The van der Waals surface area contributed by atoms with Crippen LogP contribution in [0.2, 0.25) is 0 Å². The zero-order valence-electron chi connectivity index (χ0n) is 17.1. The molecular weight excluding hydrogens is 480 g/mol. The molecule has 1 aromatic rings. The van der Waals surface area contributed by atoms with Crippen LogP contribution in [0.15, 0.2) is 55.1 Å². The van der Waals surface area contributed by atoms with Crippen molar-refractivity contribution >= 4 is 0 Å². The SMILES string of the molecule is C=CC(F)(F)C(F)(F)C(F)(F)C(F)(F)C(F)(F)C(F)(F)C=CC(C)CCCc1ccccc1. The Kier molecular flexibility index (Phi) is 8.42. The third kappa shape index (κ3) is 5.34. The quantitative estimate of drug-likeness (QED) is 0.201. The number of hydrogen-bond donors (Lipinski definition) is 0. The first-order valence-electron chi connectivity index (χ1n) is 9.42. The zero-order valence-corrected chi connectivity index (χ0v) is 17.1. The van der Waals surface area contributed by atoms with E-state index in [-0.39, 0.29) is 6.42 Å². The summed E-state index contributed by atoms with van der Waals surface area (Å²) in [7, 11) is 0. The first-order valence-corrected chi connectivity index (χ1v) is 9.42. The van der Waals surface area contributed by atoms with E-state index in [1.807, 2.05) is 6.58 Å². The minimum absolute atomic E-state index is 0.100. The predicted molar refractivity (Wildman–Crippen MR) is 97.6 cm³/mol. The first-order chi connectivity index (χ1) is 14.8. The molecule has 188 valence electrons. The maximum absolute atomic E-state index is 13.8. The lowest BCUT2D eigenvalue weighted by Crippen LogP contribution is -2.70. The summed E-state index contributed by atoms with van der Waals surface area (Å²) in [6, 6.07) is 8.70. The van der Waals surface area contributed by atoms with Crippen molar-refractivity contribution in [2.75, 3.05) is 0 Å². The van der Waals surface area contributed by atoms with E-state index in [4.69, 9.17) is 0 Å². The van der Waals surface area contributed by atoms with Gasteiger partial charge in [-0.3, -0.25) is 0 Å². The summed E-state index contributed by atoms with van der Waals surface area (Å²) in [6.07, 6.45) is -0.734. The molecule has 0 N–H and O–H groups in total. The maximum Gasteiger partial charge on any atom is 0.385 e. The molecule has 0 nitrogen and oxygen atoms in total. The second kappa shape index (κ2) is 9.61. The fourth-order valence-corrected chi connectivity index (χ4v) is 2.70. The molecule has 0 amide bonds. The van der Waals surface area contributed by atoms with Crippen molar-refractivity contribution in [3.8, 4) is 0 Å². The molecule has 1 unspecified atom stereocenters. The van der Waals surface area contributed by atoms with E-state index in [0.29, 0.717) is 18.9 Å². The maximum atomic E-state index is 13.8. The molecule has 0 bridgehead atoms. The highest BCUT2D eigenvalue weighted by Gasteiger charge is 2.89. The Morgan fingerprint density at radius 3 is 1.64 bits per heavy atom. The molecule has 0 fully saturated rings. The summed E-state index contributed by atoms with van der Waals surface area (Å²) in [4.78, 5) is 0. The molecule has 33 heavy (non-hydrogen) atoms. The molecule has 0 heterocycles. The molecule has 0 aliphatic rings. The van der Waals surface area contributed by atoms with E-state index < -0.39 is 53.6 Å². The van der Waals surface area contributed by atoms with Crippen molar-refractivity contribution in [1.29, 1.82) is 0 Å². The average molecular weight is 500 g/mol. The van der Waals surface area contributed by atoms with Gasteiger partial charge in [0.25, 0.3) is 0 Å². The minimum atomic E-state index is -7.57. The summed E-state index contributed by atoms with van der Waals surface area (Å²) >= 11 is 0. The third-order valence-electron chi connectivity index (χ3n) is 4.88. The fraction of sp³-hybridized carbons (Fsp3) is 0.524. The van der Waals surface area contributed by atoms with Crippen LogP contribution >= 0.6 is 0 Å². The van der Waals surface area contributed by atoms with Gasteiger partial charge in [0, 0.05) is 0 Å². The molecule has 0 aliphatic carbocycles. The topological polar surface area (TPSA) is 0 Å². The first kappa shape index (κ1) is 28.9. The summed E-state index contributed by atoms with van der Waals surface area (Å²) < 4.78 is 162. The van der Waals surface area contributed by atoms with Gasteiger partial charge in [0.15, 0.2) is 0 Å². The molecule has 0 saturated carbocycles. The third-order valence-corrected chi connectivity index (χ3v) is 4.88. The van der Waals surface area contributed by atoms with Crippen molar-refractivity contribution in [2.24, 2.45) is 5.92 Å². The van der Waals surface area contributed by atoms with Crippen molar-refractivity contribution in [3.05, 3.63) is 60.7 Å². The Labute approximate surface area is 182 Å². The number of rotatable bonds is 12. The molecule has 0 aromatic heterocycles. The highest BCUT2D eigenvalue weighted by atomic mass is 19.4. The number of aryl methyl sites for hydroxylation is 1. The number of benzene rings is 1. The molecule has 0 spiro atoms. The molecule has 0 radical (unpaired) electrons. The smallest absolute Gasteiger partial charge is 0.195 e. The standard InChI is InChI=1S/C21H20F12/c1-3-16(22,23)18(26,27)20(30,31)21(32,33)19(28,29)17(24,25)13-12-14(2)8-7-11-15-9-5-4-6-10-15/h3-6,9-10,12-14H,1,7-8,11H2,2H3. The van der Waals surface area contributed by atoms with Crippen LogP contribution < -0.4 is 0 Å². The zero-order chi connectivity index (χ0) is 25.9. The fourth-order valence-electron chi connectivity index (χ4n) is 2.70. The number of halogens is 12. The Hall–Kier alpha value is -2.14. The van der Waals surface area contributed by atoms with E-state index in [9.17, 15) is 52.7 Å². The van der Waals surface area contributed by atoms with Crippen LogP contribution in [0.1, 0.15) is 25.3 Å². The summed E-state index contributed by atoms with van der Waals surface area (Å²) in [5.41, 5.74) is 0.865. The largest absolute Gasteiger partial charge is 0.385 e. The highest BCUT2D eigenvalue weighted by Crippen LogP contribution is 2.60. The molecule has 1 aromatic carbocycles. The highest BCUT2D eigenvalue weighted by molar-refractivity contribution is 5.18. The molecule has 0 saturated heterocycles. The van der Waals surface area contributed by atoms with Gasteiger partial charge >= 0.3 is 35.5 Å². The van der Waals surface area contributed by atoms with Crippen molar-refractivity contribution in [2.45, 2.75) is 61.7 Å². The van der Waals surface area contributed by atoms with Crippen molar-refractivity contribution < 1.29 is 52.7 Å². The molecule has 12 heteroatoms. The van der Waals surface area contributed by atoms with Gasteiger partial charge in [-0.1, -0.05) is 49.9 Å². The van der Waals surface area contributed by atoms with Crippen LogP contribution in [0.25, 0.3) is 0 Å². The normalized spacial score (nSPS) is 15.7. The van der Waals surface area contributed by atoms with Gasteiger partial charge in [-0.05, 0) is 42.9 Å². The summed E-state index contributed by atoms with van der Waals surface area (Å²) in [5.74, 6) is -42.5. The predicted octanol–water partition coefficient (Wildman–Crippen LogP) is 8.20. The van der Waals surface area contributed by atoms with Gasteiger partial charge in [0.2, 0.25) is 0 Å². The van der Waals surface area contributed by atoms with Gasteiger partial charge in [0.05, 0.1) is 0 Å². The lowest BCUT2D eigenvalue weighted by molar-refractivity contribution is -0.415. The van der Waals surface area contributed by atoms with Crippen LogP contribution in [0.4, 0.5) is 52.7 Å². The van der Waals surface area contributed by atoms with Gasteiger partial charge < -0.3 is 0 Å². The number of alkyl halides is 12.